The summed E-state index contributed by atoms with van der Waals surface area (Å²) in [4.78, 5) is 0. The van der Waals surface area contributed by atoms with Crippen LogP contribution in [-0.2, 0) is 16.2 Å². The fraction of sp³-hybridized carbons (Fsp3) is 0.745. The Morgan fingerprint density at radius 3 is 1.34 bits per heavy atom. The van der Waals surface area contributed by atoms with Gasteiger partial charge >= 0.3 is 6.03 Å². The van der Waals surface area contributed by atoms with Crippen LogP contribution in [-0.4, -0.2) is 100 Å². The molecule has 2 aromatic rings. The summed E-state index contributed by atoms with van der Waals surface area (Å²) in [5, 5.41) is 0. The summed E-state index contributed by atoms with van der Waals surface area (Å²) in [6.45, 7) is 50.5. The van der Waals surface area contributed by atoms with Crippen LogP contribution in [0.4, 0.5) is 0 Å². The Morgan fingerprint density at radius 2 is 0.934 bits per heavy atom. The minimum Gasteiger partial charge on any atom is -0.341 e. The van der Waals surface area contributed by atoms with E-state index >= 15 is 0 Å². The van der Waals surface area contributed by atoms with Gasteiger partial charge in [-0.15, -0.1) is 0 Å². The van der Waals surface area contributed by atoms with Crippen LogP contribution in [0.3, 0.4) is 0 Å². The summed E-state index contributed by atoms with van der Waals surface area (Å²) >= 11 is 0. The highest BCUT2D eigenvalue weighted by atomic mass is 16.7. The van der Waals surface area contributed by atoms with E-state index in [1.54, 1.807) is 0 Å². The molecule has 0 N–H and O–H groups in total. The van der Waals surface area contributed by atoms with E-state index < -0.39 is 6.03 Å². The monoisotopic (exact) mass is 843 g/mol. The molecule has 1 atom stereocenters. The minimum atomic E-state index is -1.14. The molecular weight excluding hydrogens is 749 g/mol. The quantitative estimate of drug-likeness (QED) is 0.0924. The zero-order chi connectivity index (χ0) is 45.3. The Bertz CT molecular complexity index is 1820. The maximum absolute atomic E-state index is 7.45. The van der Waals surface area contributed by atoms with Gasteiger partial charge in [0, 0.05) is 33.3 Å². The molecular formula is C55H94N4O2+4. The number of ether oxygens (including phenoxy) is 2. The SMILES string of the molecule is CCC[N+](CCC)(CCC)CCCC(C)(CCC[N+](CCC)(CCC)CCC)c1ccc2c(c1)C=[N+]1C3(O2)Oc2c(cc(C(C)(C)C)cc2C(C)(C)C)C=[N+]3C(C)(C)C1(C)C. The van der Waals surface area contributed by atoms with Gasteiger partial charge in [-0.2, -0.15) is 0 Å². The number of fused-ring (bicyclic) bond motifs is 2. The van der Waals surface area contributed by atoms with Crippen molar-refractivity contribution in [1.29, 1.82) is 0 Å². The zero-order valence-electron chi connectivity index (χ0n) is 42.9. The predicted molar refractivity (Wildman–Crippen MR) is 260 cm³/mol. The lowest BCUT2D eigenvalue weighted by Gasteiger charge is -2.41. The van der Waals surface area contributed by atoms with Gasteiger partial charge in [-0.25, -0.2) is 0 Å². The molecule has 1 spiro atoms. The maximum atomic E-state index is 7.45. The first-order valence-electron chi connectivity index (χ1n) is 25.2. The predicted octanol–water partition coefficient (Wildman–Crippen LogP) is 12.7. The molecule has 3 heterocycles. The topological polar surface area (TPSA) is 24.5 Å². The van der Waals surface area contributed by atoms with Crippen molar-refractivity contribution in [1.82, 2.24) is 0 Å². The van der Waals surface area contributed by atoms with Crippen molar-refractivity contribution in [3.8, 4) is 11.5 Å². The average Bonchev–Trinajstić information content (AvgIpc) is 3.29. The van der Waals surface area contributed by atoms with Crippen LogP contribution in [0, 0.1) is 0 Å². The number of hydrogen-bond donors (Lipinski definition) is 0. The van der Waals surface area contributed by atoms with E-state index in [4.69, 9.17) is 9.47 Å². The molecule has 2 aromatic carbocycles. The summed E-state index contributed by atoms with van der Waals surface area (Å²) in [6.07, 6.45) is 17.2. The van der Waals surface area contributed by atoms with E-state index in [1.165, 1.54) is 142 Å². The van der Waals surface area contributed by atoms with Crippen LogP contribution >= 0.6 is 0 Å². The lowest BCUT2D eigenvalue weighted by molar-refractivity contribution is -0.928. The molecule has 3 aliphatic heterocycles. The van der Waals surface area contributed by atoms with Crippen LogP contribution in [0.1, 0.15) is 210 Å². The van der Waals surface area contributed by atoms with Gasteiger partial charge in [0.2, 0.25) is 11.1 Å². The standard InChI is InChI=1S/C55H94N4O2/c1-18-30-58(31-19-2,32-20-3)36-24-28-54(17,29-25-37-59(33-21-4,34-22-5)35-23-6)45-26-27-48-43(38-45)41-56-52(13,14)53(15,16)57-42-44-39-46(50(7,8)9)40-47(51(10,11)12)49(44)61-55(56,57)60-48/h26-27,38-42H,18-25,28-37H2,1-17H3/q+4. The van der Waals surface area contributed by atoms with E-state index in [9.17, 15) is 0 Å². The molecule has 0 aromatic heterocycles. The van der Waals surface area contributed by atoms with Crippen LogP contribution in [0.15, 0.2) is 30.3 Å². The number of nitrogens with zero attached hydrogens (tertiary/aromatic N) is 4. The van der Waals surface area contributed by atoms with Gasteiger partial charge in [-0.1, -0.05) is 111 Å². The fourth-order valence-corrected chi connectivity index (χ4v) is 11.8. The third kappa shape index (κ3) is 9.57. The second-order valence-corrected chi connectivity index (χ2v) is 23.3. The Balaban J connectivity index is 1.59. The number of hydrogen-bond acceptors (Lipinski definition) is 2. The highest BCUT2D eigenvalue weighted by Gasteiger charge is 2.83. The molecule has 1 unspecified atom stereocenters. The van der Waals surface area contributed by atoms with Crippen molar-refractivity contribution >= 4 is 12.4 Å². The van der Waals surface area contributed by atoms with E-state index in [-0.39, 0.29) is 27.3 Å². The minimum absolute atomic E-state index is 0.00957. The van der Waals surface area contributed by atoms with E-state index in [0.29, 0.717) is 0 Å². The molecule has 0 aliphatic carbocycles. The van der Waals surface area contributed by atoms with Gasteiger partial charge in [0.25, 0.3) is 0 Å². The zero-order valence-corrected chi connectivity index (χ0v) is 42.9. The number of rotatable bonds is 21. The summed E-state index contributed by atoms with van der Waals surface area (Å²) in [6, 6.07) is 10.8. The second-order valence-electron chi connectivity index (χ2n) is 23.3. The normalized spacial score (nSPS) is 19.6. The van der Waals surface area contributed by atoms with Gasteiger partial charge in [0.05, 0.1) is 63.5 Å². The first-order valence-corrected chi connectivity index (χ1v) is 25.2. The van der Waals surface area contributed by atoms with Crippen LogP contribution in [0.2, 0.25) is 0 Å². The van der Waals surface area contributed by atoms with E-state index in [1.807, 2.05) is 0 Å². The molecule has 61 heavy (non-hydrogen) atoms. The lowest BCUT2D eigenvalue weighted by atomic mass is 9.74. The Labute approximate surface area is 376 Å². The average molecular weight is 843 g/mol. The highest BCUT2D eigenvalue weighted by molar-refractivity contribution is 5.84. The molecule has 0 radical (unpaired) electrons. The van der Waals surface area contributed by atoms with Gasteiger partial charge in [-0.05, 0) is 110 Å². The first kappa shape index (κ1) is 49.3. The molecule has 0 bridgehead atoms. The molecule has 6 nitrogen and oxygen atoms in total. The van der Waals surface area contributed by atoms with Crippen molar-refractivity contribution < 1.29 is 27.6 Å². The lowest BCUT2D eigenvalue weighted by Crippen LogP contribution is -2.61. The smallest absolute Gasteiger partial charge is 0.341 e. The van der Waals surface area contributed by atoms with Crippen molar-refractivity contribution in [2.45, 2.75) is 215 Å². The molecule has 5 rings (SSSR count). The third-order valence-corrected chi connectivity index (χ3v) is 15.7. The van der Waals surface area contributed by atoms with Gasteiger partial charge < -0.3 is 18.4 Å². The van der Waals surface area contributed by atoms with E-state index in [2.05, 4.69) is 170 Å². The number of benzene rings is 2. The van der Waals surface area contributed by atoms with E-state index in [0.717, 1.165) is 22.6 Å². The molecule has 0 saturated carbocycles. The van der Waals surface area contributed by atoms with Crippen LogP contribution < -0.4 is 9.47 Å². The summed E-state index contributed by atoms with van der Waals surface area (Å²) in [5.41, 5.74) is 5.61. The summed E-state index contributed by atoms with van der Waals surface area (Å²) in [7, 11) is 0. The van der Waals surface area contributed by atoms with Crippen molar-refractivity contribution in [2.24, 2.45) is 0 Å². The van der Waals surface area contributed by atoms with Crippen molar-refractivity contribution in [3.63, 3.8) is 0 Å². The Morgan fingerprint density at radius 1 is 0.508 bits per heavy atom. The largest absolute Gasteiger partial charge is 0.705 e. The Kier molecular flexibility index (Phi) is 14.9. The Hall–Kier alpha value is -2.70. The molecule has 1 saturated heterocycles. The second kappa shape index (κ2) is 18.4. The highest BCUT2D eigenvalue weighted by Crippen LogP contribution is 2.51. The molecule has 3 aliphatic rings. The number of quaternary nitrogens is 2. The van der Waals surface area contributed by atoms with Crippen LogP contribution in [0.5, 0.6) is 11.5 Å². The molecule has 0 amide bonds. The van der Waals surface area contributed by atoms with Gasteiger partial charge in [0.15, 0.2) is 23.9 Å². The van der Waals surface area contributed by atoms with Crippen molar-refractivity contribution in [3.05, 3.63) is 58.1 Å². The third-order valence-electron chi connectivity index (χ3n) is 15.7. The molecule has 6 heteroatoms. The summed E-state index contributed by atoms with van der Waals surface area (Å²) < 4.78 is 22.2. The van der Waals surface area contributed by atoms with Gasteiger partial charge in [0.1, 0.15) is 0 Å². The molecule has 342 valence electrons. The molecule has 1 fully saturated rings. The first-order chi connectivity index (χ1) is 28.5. The van der Waals surface area contributed by atoms with Crippen molar-refractivity contribution in [2.75, 3.05) is 52.4 Å². The van der Waals surface area contributed by atoms with Crippen LogP contribution in [0.25, 0.3) is 0 Å². The fourth-order valence-electron chi connectivity index (χ4n) is 11.8. The van der Waals surface area contributed by atoms with Gasteiger partial charge in [-0.3, -0.25) is 0 Å². The summed E-state index contributed by atoms with van der Waals surface area (Å²) in [5.74, 6) is 1.83. The maximum Gasteiger partial charge on any atom is 0.705 e.